The van der Waals surface area contributed by atoms with E-state index in [1.54, 1.807) is 7.11 Å². The zero-order chi connectivity index (χ0) is 26.1. The number of alkyl halides is 4. The fourth-order valence-corrected chi connectivity index (χ4v) is 9.08. The van der Waals surface area contributed by atoms with Crippen molar-refractivity contribution in [2.75, 3.05) is 13.7 Å². The number of aliphatic hydroxyl groups is 1. The Hall–Kier alpha value is -1.48. The van der Waals surface area contributed by atoms with Crippen LogP contribution < -0.4 is 0 Å². The summed E-state index contributed by atoms with van der Waals surface area (Å²) in [5, 5.41) is 14.7. The highest BCUT2D eigenvalue weighted by atomic mass is 19.4. The number of fused-ring (bicyclic) bond motifs is 5. The van der Waals surface area contributed by atoms with Gasteiger partial charge in [0, 0.05) is 24.6 Å². The average Bonchev–Trinajstić information content (AvgIpc) is 3.40. The van der Waals surface area contributed by atoms with Gasteiger partial charge in [0.1, 0.15) is 5.67 Å². The third-order valence-corrected chi connectivity index (χ3v) is 11.0. The van der Waals surface area contributed by atoms with Gasteiger partial charge in [-0.05, 0) is 81.0 Å². The number of methoxy groups -OCH3 is 1. The van der Waals surface area contributed by atoms with Crippen molar-refractivity contribution in [1.82, 2.24) is 9.78 Å². The molecular formula is C27H38F4N2O3. The SMILES string of the molecule is COC[C@@]1(O)CC[C@@]2(F)[C@H](CC[C@H]3[C@@H]4CC[C@H](C(=O)Cn5cc(C(F)(F)F)cn5)[C@@]4(C)CC[C@@]32C)C1. The number of carbonyl (C=O) groups is 1. The topological polar surface area (TPSA) is 64.3 Å². The van der Waals surface area contributed by atoms with Crippen molar-refractivity contribution < 1.29 is 32.2 Å². The maximum Gasteiger partial charge on any atom is 0.419 e. The number of halogens is 4. The van der Waals surface area contributed by atoms with Crippen molar-refractivity contribution in [3.05, 3.63) is 18.0 Å². The first kappa shape index (κ1) is 26.1. The summed E-state index contributed by atoms with van der Waals surface area (Å²) in [4.78, 5) is 13.3. The molecule has 0 spiro atoms. The molecule has 1 N–H and O–H groups in total. The molecule has 1 aromatic rings. The van der Waals surface area contributed by atoms with Crippen LogP contribution in [-0.4, -0.2) is 45.7 Å². The molecule has 4 saturated carbocycles. The van der Waals surface area contributed by atoms with Gasteiger partial charge in [0.2, 0.25) is 0 Å². The van der Waals surface area contributed by atoms with Gasteiger partial charge in [-0.2, -0.15) is 18.3 Å². The van der Waals surface area contributed by atoms with Gasteiger partial charge in [-0.1, -0.05) is 13.8 Å². The molecule has 202 valence electrons. The lowest BCUT2D eigenvalue weighted by molar-refractivity contribution is -0.218. The van der Waals surface area contributed by atoms with Crippen molar-refractivity contribution in [2.45, 2.75) is 95.6 Å². The van der Waals surface area contributed by atoms with Crippen LogP contribution in [0, 0.1) is 34.5 Å². The standard InChI is InChI=1S/C27H38F4N2O3/c1-23-8-9-24(2)20(5-4-17-12-25(35,16-36-3)10-11-26(17,24)28)19(23)6-7-21(23)22(34)15-33-14-18(13-32-33)27(29,30)31/h13-14,17,19-21,35H,4-12,15-16H2,1-3H3/t17-,19+,20+,21-,23+,24+,25-,26-/m1/s1. The minimum atomic E-state index is -4.49. The average molecular weight is 515 g/mol. The van der Waals surface area contributed by atoms with Crippen LogP contribution in [0.15, 0.2) is 12.4 Å². The molecule has 0 bridgehead atoms. The molecule has 5 nitrogen and oxygen atoms in total. The molecule has 4 aliphatic rings. The molecule has 1 aromatic heterocycles. The Balaban J connectivity index is 1.33. The Morgan fingerprint density at radius 3 is 2.53 bits per heavy atom. The lowest BCUT2D eigenvalue weighted by atomic mass is 9.41. The Bertz CT molecular complexity index is 1010. The quantitative estimate of drug-likeness (QED) is 0.520. The lowest BCUT2D eigenvalue weighted by Crippen LogP contribution is -2.64. The summed E-state index contributed by atoms with van der Waals surface area (Å²) in [7, 11) is 1.56. The number of hydrogen-bond donors (Lipinski definition) is 1. The van der Waals surface area contributed by atoms with Gasteiger partial charge in [-0.3, -0.25) is 9.48 Å². The van der Waals surface area contributed by atoms with E-state index in [0.29, 0.717) is 32.1 Å². The number of Topliss-reactive ketones (excluding diaryl/α,β-unsaturated/α-hetero) is 1. The largest absolute Gasteiger partial charge is 0.419 e. The van der Waals surface area contributed by atoms with E-state index in [1.807, 2.05) is 0 Å². The van der Waals surface area contributed by atoms with Gasteiger partial charge in [-0.25, -0.2) is 4.39 Å². The molecule has 5 rings (SSSR count). The highest BCUT2D eigenvalue weighted by Gasteiger charge is 2.69. The molecule has 0 unspecified atom stereocenters. The summed E-state index contributed by atoms with van der Waals surface area (Å²) in [5.41, 5.74) is -3.95. The second-order valence-corrected chi connectivity index (χ2v) is 12.7. The number of aromatic nitrogens is 2. The normalized spacial score (nSPS) is 44.6. The number of carbonyl (C=O) groups excluding carboxylic acids is 1. The number of rotatable bonds is 5. The zero-order valence-corrected chi connectivity index (χ0v) is 21.4. The van der Waals surface area contributed by atoms with Crippen LogP contribution in [0.2, 0.25) is 0 Å². The molecule has 4 fully saturated rings. The van der Waals surface area contributed by atoms with Gasteiger partial charge in [0.15, 0.2) is 5.78 Å². The Morgan fingerprint density at radius 1 is 1.14 bits per heavy atom. The molecule has 1 heterocycles. The van der Waals surface area contributed by atoms with Crippen molar-refractivity contribution in [3.63, 3.8) is 0 Å². The summed E-state index contributed by atoms with van der Waals surface area (Å²) in [6, 6.07) is 0. The number of hydrogen-bond acceptors (Lipinski definition) is 4. The molecule has 36 heavy (non-hydrogen) atoms. The summed E-state index contributed by atoms with van der Waals surface area (Å²) in [5.74, 6) is -0.158. The van der Waals surface area contributed by atoms with Crippen molar-refractivity contribution in [2.24, 2.45) is 34.5 Å². The van der Waals surface area contributed by atoms with Crippen LogP contribution in [0.3, 0.4) is 0 Å². The maximum atomic E-state index is 17.0. The monoisotopic (exact) mass is 514 g/mol. The van der Waals surface area contributed by atoms with Crippen LogP contribution in [0.5, 0.6) is 0 Å². The molecule has 0 aliphatic heterocycles. The Labute approximate surface area is 210 Å². The van der Waals surface area contributed by atoms with Crippen molar-refractivity contribution in [1.29, 1.82) is 0 Å². The first-order chi connectivity index (χ1) is 16.8. The number of nitrogens with zero attached hydrogens (tertiary/aromatic N) is 2. The molecule has 9 heteroatoms. The van der Waals surface area contributed by atoms with E-state index in [4.69, 9.17) is 4.74 Å². The molecule has 0 amide bonds. The van der Waals surface area contributed by atoms with Gasteiger partial charge >= 0.3 is 6.18 Å². The predicted octanol–water partition coefficient (Wildman–Crippen LogP) is 5.60. The Morgan fingerprint density at radius 2 is 1.86 bits per heavy atom. The predicted molar refractivity (Wildman–Crippen MR) is 125 cm³/mol. The second kappa shape index (κ2) is 8.52. The molecule has 0 radical (unpaired) electrons. The molecule has 0 aromatic carbocycles. The first-order valence-electron chi connectivity index (χ1n) is 13.3. The zero-order valence-electron chi connectivity index (χ0n) is 21.4. The van der Waals surface area contributed by atoms with E-state index in [0.717, 1.165) is 42.8 Å². The summed E-state index contributed by atoms with van der Waals surface area (Å²) >= 11 is 0. The summed E-state index contributed by atoms with van der Waals surface area (Å²) in [6.45, 7) is 4.30. The molecule has 0 saturated heterocycles. The minimum absolute atomic E-state index is 0.0774. The van der Waals surface area contributed by atoms with Crippen LogP contribution in [-0.2, 0) is 22.3 Å². The number of ether oxygens (including phenoxy) is 1. The van der Waals surface area contributed by atoms with E-state index < -0.39 is 28.4 Å². The molecule has 8 atom stereocenters. The van der Waals surface area contributed by atoms with Crippen molar-refractivity contribution >= 4 is 5.78 Å². The van der Waals surface area contributed by atoms with Gasteiger partial charge in [-0.15, -0.1) is 0 Å². The van der Waals surface area contributed by atoms with E-state index in [1.165, 1.54) is 0 Å². The smallest absolute Gasteiger partial charge is 0.387 e. The second-order valence-electron chi connectivity index (χ2n) is 12.7. The first-order valence-corrected chi connectivity index (χ1v) is 13.3. The van der Waals surface area contributed by atoms with E-state index >= 15 is 4.39 Å². The fraction of sp³-hybridized carbons (Fsp3) is 0.852. The highest BCUT2D eigenvalue weighted by Crippen LogP contribution is 2.71. The van der Waals surface area contributed by atoms with Crippen LogP contribution in [0.1, 0.15) is 77.2 Å². The van der Waals surface area contributed by atoms with Crippen LogP contribution in [0.25, 0.3) is 0 Å². The molecule has 4 aliphatic carbocycles. The summed E-state index contributed by atoms with van der Waals surface area (Å²) in [6.07, 6.45) is 2.87. The van der Waals surface area contributed by atoms with E-state index in [-0.39, 0.29) is 48.0 Å². The van der Waals surface area contributed by atoms with Gasteiger partial charge in [0.05, 0.1) is 30.5 Å². The van der Waals surface area contributed by atoms with Crippen LogP contribution >= 0.6 is 0 Å². The minimum Gasteiger partial charge on any atom is -0.387 e. The third-order valence-electron chi connectivity index (χ3n) is 11.0. The van der Waals surface area contributed by atoms with Gasteiger partial charge < -0.3 is 9.84 Å². The van der Waals surface area contributed by atoms with E-state index in [2.05, 4.69) is 18.9 Å². The van der Waals surface area contributed by atoms with Gasteiger partial charge in [0.25, 0.3) is 0 Å². The fourth-order valence-electron chi connectivity index (χ4n) is 9.08. The van der Waals surface area contributed by atoms with E-state index in [9.17, 15) is 23.1 Å². The number of ketones is 1. The van der Waals surface area contributed by atoms with Crippen molar-refractivity contribution in [3.8, 4) is 0 Å². The summed E-state index contributed by atoms with van der Waals surface area (Å²) < 4.78 is 62.2. The maximum absolute atomic E-state index is 17.0. The van der Waals surface area contributed by atoms with Crippen LogP contribution in [0.4, 0.5) is 17.6 Å². The molecular weight excluding hydrogens is 476 g/mol. The third kappa shape index (κ3) is 3.86. The highest BCUT2D eigenvalue weighted by molar-refractivity contribution is 5.82. The Kier molecular flexibility index (Phi) is 6.18. The lowest BCUT2D eigenvalue weighted by Gasteiger charge is -2.65.